The number of aryl methyl sites for hydroxylation is 1. The van der Waals surface area contributed by atoms with Gasteiger partial charge in [0.2, 0.25) is 5.91 Å². The van der Waals surface area contributed by atoms with E-state index in [1.165, 1.54) is 17.3 Å². The molecule has 0 aliphatic rings. The molecule has 4 rings (SSSR count). The molecule has 0 atom stereocenters. The number of nitrogens with one attached hydrogen (secondary N) is 1. The lowest BCUT2D eigenvalue weighted by atomic mass is 10.1. The van der Waals surface area contributed by atoms with E-state index in [2.05, 4.69) is 24.4 Å². The predicted molar refractivity (Wildman–Crippen MR) is 117 cm³/mol. The Kier molecular flexibility index (Phi) is 5.69. The molecule has 2 aromatic heterocycles. The van der Waals surface area contributed by atoms with Crippen LogP contribution in [0.15, 0.2) is 71.1 Å². The van der Waals surface area contributed by atoms with Crippen molar-refractivity contribution < 1.29 is 4.79 Å². The summed E-state index contributed by atoms with van der Waals surface area (Å²) in [5.41, 5.74) is 3.05. The first-order valence-corrected chi connectivity index (χ1v) is 10.8. The molecule has 0 radical (unpaired) electrons. The van der Waals surface area contributed by atoms with Gasteiger partial charge in [-0.2, -0.15) is 0 Å². The maximum atomic E-state index is 12.3. The Morgan fingerprint density at radius 2 is 1.86 bits per heavy atom. The van der Waals surface area contributed by atoms with Gasteiger partial charge in [-0.1, -0.05) is 65.9 Å². The zero-order valence-electron chi connectivity index (χ0n) is 15.4. The van der Waals surface area contributed by atoms with Crippen molar-refractivity contribution in [3.8, 4) is 11.4 Å². The zero-order valence-corrected chi connectivity index (χ0v) is 17.0. The van der Waals surface area contributed by atoms with Gasteiger partial charge in [-0.25, -0.2) is 9.97 Å². The van der Waals surface area contributed by atoms with Gasteiger partial charge >= 0.3 is 0 Å². The molecule has 0 bridgehead atoms. The molecule has 0 unspecified atom stereocenters. The van der Waals surface area contributed by atoms with Gasteiger partial charge in [-0.05, 0) is 24.4 Å². The van der Waals surface area contributed by atoms with Crippen molar-refractivity contribution in [1.29, 1.82) is 0 Å². The number of thioether (sulfide) groups is 1. The quantitative estimate of drug-likeness (QED) is 0.359. The van der Waals surface area contributed by atoms with Crippen LogP contribution < -0.4 is 5.32 Å². The second-order valence-electron chi connectivity index (χ2n) is 6.38. The van der Waals surface area contributed by atoms with E-state index < -0.39 is 0 Å². The fourth-order valence-electron chi connectivity index (χ4n) is 2.77. The standard InChI is InChI=1S/C22H19N3OS2/c1-15-8-10-16(11-9-15)21-24-19-7-3-2-6-18(19)22(25-21)28-14-20(26)23-13-17-5-4-12-27-17/h2-12H,13-14H2,1H3,(H,23,26). The maximum Gasteiger partial charge on any atom is 0.230 e. The number of amides is 1. The Labute approximate surface area is 172 Å². The number of fused-ring (bicyclic) bond motifs is 1. The van der Waals surface area contributed by atoms with E-state index in [1.807, 2.05) is 53.9 Å². The lowest BCUT2D eigenvalue weighted by Crippen LogP contribution is -2.24. The number of para-hydroxylation sites is 1. The summed E-state index contributed by atoms with van der Waals surface area (Å²) in [4.78, 5) is 22.9. The monoisotopic (exact) mass is 405 g/mol. The van der Waals surface area contributed by atoms with Crippen LogP contribution in [0.5, 0.6) is 0 Å². The molecule has 4 aromatic rings. The summed E-state index contributed by atoms with van der Waals surface area (Å²) < 4.78 is 0. The first-order chi connectivity index (χ1) is 13.7. The third-order valence-corrected chi connectivity index (χ3v) is 6.13. The number of carbonyl (C=O) groups excluding carboxylic acids is 1. The number of nitrogens with zero attached hydrogens (tertiary/aromatic N) is 2. The van der Waals surface area contributed by atoms with Gasteiger partial charge in [-0.15, -0.1) is 11.3 Å². The molecule has 2 heterocycles. The fourth-order valence-corrected chi connectivity index (χ4v) is 4.27. The molecule has 1 N–H and O–H groups in total. The molecule has 2 aromatic carbocycles. The van der Waals surface area contributed by atoms with Crippen LogP contribution >= 0.6 is 23.1 Å². The van der Waals surface area contributed by atoms with Crippen LogP contribution in [0, 0.1) is 6.92 Å². The number of benzene rings is 2. The molecule has 0 aliphatic heterocycles. The number of thiophene rings is 1. The normalized spacial score (nSPS) is 10.9. The summed E-state index contributed by atoms with van der Waals surface area (Å²) in [7, 11) is 0. The van der Waals surface area contributed by atoms with E-state index in [0.29, 0.717) is 18.1 Å². The lowest BCUT2D eigenvalue weighted by molar-refractivity contribution is -0.118. The maximum absolute atomic E-state index is 12.3. The van der Waals surface area contributed by atoms with E-state index in [-0.39, 0.29) is 5.91 Å². The molecule has 1 amide bonds. The SMILES string of the molecule is Cc1ccc(-c2nc(SCC(=O)NCc3cccs3)c3ccccc3n2)cc1. The largest absolute Gasteiger partial charge is 0.350 e. The van der Waals surface area contributed by atoms with E-state index in [9.17, 15) is 4.79 Å². The number of rotatable bonds is 6. The van der Waals surface area contributed by atoms with Crippen LogP contribution in [0.2, 0.25) is 0 Å². The van der Waals surface area contributed by atoms with Gasteiger partial charge in [0.15, 0.2) is 5.82 Å². The minimum atomic E-state index is -0.00187. The highest BCUT2D eigenvalue weighted by atomic mass is 32.2. The Bertz CT molecular complexity index is 1090. The van der Waals surface area contributed by atoms with Gasteiger partial charge in [0.05, 0.1) is 17.8 Å². The van der Waals surface area contributed by atoms with Crippen LogP contribution in [0.3, 0.4) is 0 Å². The van der Waals surface area contributed by atoms with Gasteiger partial charge < -0.3 is 5.32 Å². The Hall–Kier alpha value is -2.70. The average Bonchev–Trinajstić information content (AvgIpc) is 3.24. The molecule has 4 nitrogen and oxygen atoms in total. The van der Waals surface area contributed by atoms with Crippen molar-refractivity contribution in [3.05, 3.63) is 76.5 Å². The number of carbonyl (C=O) groups is 1. The van der Waals surface area contributed by atoms with Crippen molar-refractivity contribution in [1.82, 2.24) is 15.3 Å². The van der Waals surface area contributed by atoms with Crippen molar-refractivity contribution >= 4 is 39.9 Å². The van der Waals surface area contributed by atoms with Crippen LogP contribution in [0.4, 0.5) is 0 Å². The number of hydrogen-bond donors (Lipinski definition) is 1. The van der Waals surface area contributed by atoms with Gasteiger partial charge in [-0.3, -0.25) is 4.79 Å². The number of aromatic nitrogens is 2. The van der Waals surface area contributed by atoms with E-state index in [1.54, 1.807) is 11.3 Å². The Morgan fingerprint density at radius 1 is 1.04 bits per heavy atom. The third kappa shape index (κ3) is 4.40. The second kappa shape index (κ2) is 8.54. The van der Waals surface area contributed by atoms with Crippen molar-refractivity contribution in [2.45, 2.75) is 18.5 Å². The molecule has 28 heavy (non-hydrogen) atoms. The van der Waals surface area contributed by atoms with Gasteiger partial charge in [0.1, 0.15) is 5.03 Å². The minimum Gasteiger partial charge on any atom is -0.350 e. The zero-order chi connectivity index (χ0) is 19.3. The fraction of sp³-hybridized carbons (Fsp3) is 0.136. The smallest absolute Gasteiger partial charge is 0.230 e. The lowest BCUT2D eigenvalue weighted by Gasteiger charge is -2.09. The van der Waals surface area contributed by atoms with Crippen LogP contribution in [-0.2, 0) is 11.3 Å². The summed E-state index contributed by atoms with van der Waals surface area (Å²) in [5, 5.41) is 6.77. The second-order valence-corrected chi connectivity index (χ2v) is 8.38. The highest BCUT2D eigenvalue weighted by Crippen LogP contribution is 2.28. The van der Waals surface area contributed by atoms with E-state index >= 15 is 0 Å². The van der Waals surface area contributed by atoms with Gasteiger partial charge in [0, 0.05) is 15.8 Å². The minimum absolute atomic E-state index is 0.00187. The summed E-state index contributed by atoms with van der Waals surface area (Å²) >= 11 is 3.09. The molecule has 6 heteroatoms. The first-order valence-electron chi connectivity index (χ1n) is 8.95. The molecular weight excluding hydrogens is 386 g/mol. The predicted octanol–water partition coefficient (Wildman–Crippen LogP) is 5.08. The molecule has 0 saturated carbocycles. The summed E-state index contributed by atoms with van der Waals surface area (Å²) in [6.45, 7) is 2.62. The topological polar surface area (TPSA) is 54.9 Å². The van der Waals surface area contributed by atoms with Crippen molar-refractivity contribution in [2.75, 3.05) is 5.75 Å². The third-order valence-electron chi connectivity index (χ3n) is 4.26. The molecular formula is C22H19N3OS2. The van der Waals surface area contributed by atoms with Crippen molar-refractivity contribution in [2.24, 2.45) is 0 Å². The summed E-state index contributed by atoms with van der Waals surface area (Å²) in [5.74, 6) is 0.998. The molecule has 140 valence electrons. The molecule has 0 fully saturated rings. The highest BCUT2D eigenvalue weighted by molar-refractivity contribution is 8.00. The Morgan fingerprint density at radius 3 is 2.64 bits per heavy atom. The molecule has 0 saturated heterocycles. The van der Waals surface area contributed by atoms with Crippen molar-refractivity contribution in [3.63, 3.8) is 0 Å². The average molecular weight is 406 g/mol. The van der Waals surface area contributed by atoms with Crippen LogP contribution in [-0.4, -0.2) is 21.6 Å². The summed E-state index contributed by atoms with van der Waals surface area (Å²) in [6, 6.07) is 20.1. The highest BCUT2D eigenvalue weighted by Gasteiger charge is 2.12. The first kappa shape index (κ1) is 18.7. The van der Waals surface area contributed by atoms with Gasteiger partial charge in [0.25, 0.3) is 0 Å². The molecule has 0 aliphatic carbocycles. The Balaban J connectivity index is 1.55. The van der Waals surface area contributed by atoms with E-state index in [0.717, 1.165) is 26.4 Å². The van der Waals surface area contributed by atoms with E-state index in [4.69, 9.17) is 9.97 Å². The van der Waals surface area contributed by atoms with Crippen LogP contribution in [0.1, 0.15) is 10.4 Å². The molecule has 0 spiro atoms. The summed E-state index contributed by atoms with van der Waals surface area (Å²) in [6.07, 6.45) is 0. The van der Waals surface area contributed by atoms with Crippen LogP contribution in [0.25, 0.3) is 22.3 Å². The number of hydrogen-bond acceptors (Lipinski definition) is 5.